The first-order chi connectivity index (χ1) is 4.24. The average molecular weight is 106 g/mol. The summed E-state index contributed by atoms with van der Waals surface area (Å²) < 4.78 is 12.7. The van der Waals surface area contributed by atoms with Gasteiger partial charge in [0.2, 0.25) is 8.65 Å². The lowest BCUT2D eigenvalue weighted by Crippen LogP contribution is -2.28. The molecule has 3 nitrogen and oxygen atoms in total. The molecule has 0 amide bonds. The fourth-order valence-corrected chi connectivity index (χ4v) is 0.0833. The van der Waals surface area contributed by atoms with Gasteiger partial charge in [-0.05, 0) is 0 Å². The van der Waals surface area contributed by atoms with Crippen LogP contribution in [-0.2, 0) is 4.79 Å². The first-order valence-electron chi connectivity index (χ1n) is 2.81. The zero-order valence-electron chi connectivity index (χ0n) is 6.01. The number of carbonyl (C=O) groups excluding carboxylic acids is 1. The second-order valence-electron chi connectivity index (χ2n) is 1.28. The van der Waals surface area contributed by atoms with E-state index in [9.17, 15) is 4.79 Å². The summed E-state index contributed by atoms with van der Waals surface area (Å²) in [6.07, 6.45) is 0.441. The Morgan fingerprint density at radius 2 is 2.57 bits per heavy atom. The predicted octanol–water partition coefficient (Wildman–Crippen LogP) is -0.724. The lowest BCUT2D eigenvalue weighted by atomic mass is 10.2. The van der Waals surface area contributed by atoms with Crippen LogP contribution in [0.3, 0.4) is 0 Å². The van der Waals surface area contributed by atoms with Crippen LogP contribution in [0.5, 0.6) is 0 Å². The molecule has 0 aromatic heterocycles. The van der Waals surface area contributed by atoms with Crippen molar-refractivity contribution < 1.29 is 15.0 Å². The van der Waals surface area contributed by atoms with Crippen LogP contribution >= 0.6 is 0 Å². The number of aliphatic hydroxyl groups is 2. The zero-order valence-corrected chi connectivity index (χ0v) is 4.01. The Labute approximate surface area is 44.6 Å². The van der Waals surface area contributed by atoms with Gasteiger partial charge in [-0.1, -0.05) is 6.92 Å². The van der Waals surface area contributed by atoms with Gasteiger partial charge in [0, 0.05) is 6.42 Å². The molecule has 0 atom stereocenters. The van der Waals surface area contributed by atoms with Gasteiger partial charge in [-0.2, -0.15) is 0 Å². The van der Waals surface area contributed by atoms with Crippen LogP contribution in [0.2, 0.25) is 0 Å². The topological polar surface area (TPSA) is 57.5 Å². The zero-order chi connectivity index (χ0) is 7.33. The maximum absolute atomic E-state index is 10.0. The largest absolute Gasteiger partial charge is 0.360 e. The SMILES string of the molecule is [2H]OC(C=O)(CC)O[2H]. The standard InChI is InChI=1S/C4H8O3/c1-2-4(6,7)3-5/h3,6-7H,2H2,1H3/i6D,7D. The third kappa shape index (κ3) is 2.31. The molecular formula is C4H8O3. The molecule has 0 unspecified atom stereocenters. The van der Waals surface area contributed by atoms with Crippen LogP contribution < -0.4 is 0 Å². The van der Waals surface area contributed by atoms with Gasteiger partial charge in [-0.15, -0.1) is 0 Å². The molecule has 2 N–H and O–H groups in total. The minimum Gasteiger partial charge on any atom is -0.360 e. The smallest absolute Gasteiger partial charge is 0.220 e. The van der Waals surface area contributed by atoms with Crippen molar-refractivity contribution in [2.75, 3.05) is 0 Å². The summed E-state index contributed by atoms with van der Waals surface area (Å²) in [5.41, 5.74) is 0. The highest BCUT2D eigenvalue weighted by molar-refractivity contribution is 5.58. The van der Waals surface area contributed by atoms with Crippen molar-refractivity contribution >= 4 is 6.29 Å². The summed E-state index contributed by atoms with van der Waals surface area (Å²) in [4.78, 5) is 10.0. The number of carbonyl (C=O) groups is 1. The Balaban J connectivity index is 3.98. The van der Waals surface area contributed by atoms with Gasteiger partial charge in [-0.3, -0.25) is 4.79 Å². The Hall–Kier alpha value is -0.410. The minimum atomic E-state index is -1.68. The van der Waals surface area contributed by atoms with E-state index in [2.05, 4.69) is 10.2 Å². The lowest BCUT2D eigenvalue weighted by molar-refractivity contribution is -0.169. The molecule has 0 fully saturated rings. The highest BCUT2D eigenvalue weighted by Crippen LogP contribution is 1.97. The van der Waals surface area contributed by atoms with Gasteiger partial charge in [0.1, 0.15) is 0 Å². The normalized spacial score (nSPS) is 15.0. The molecule has 0 radical (unpaired) electrons. The fourth-order valence-electron chi connectivity index (χ4n) is 0.0833. The molecule has 3 heteroatoms. The molecule has 0 aromatic carbocycles. The van der Waals surface area contributed by atoms with E-state index in [-0.39, 0.29) is 12.7 Å². The molecule has 0 aliphatic carbocycles. The number of rotatable bonds is 4. The molecule has 42 valence electrons. The maximum atomic E-state index is 10.0. The molecule has 0 aromatic rings. The van der Waals surface area contributed by atoms with Crippen LogP contribution in [0.1, 0.15) is 13.3 Å². The van der Waals surface area contributed by atoms with Gasteiger partial charge in [-0.25, -0.2) is 0 Å². The van der Waals surface area contributed by atoms with E-state index in [1.54, 1.807) is 6.92 Å². The summed E-state index contributed by atoms with van der Waals surface area (Å²) in [5.74, 6) is -1.68. The predicted molar refractivity (Wildman–Crippen MR) is 23.5 cm³/mol. The van der Waals surface area contributed by atoms with E-state index in [0.717, 1.165) is 0 Å². The number of hydrogen-bond donors (Lipinski definition) is 2. The first-order valence-corrected chi connectivity index (χ1v) is 1.99. The Morgan fingerprint density at radius 3 is 2.57 bits per heavy atom. The van der Waals surface area contributed by atoms with Crippen molar-refractivity contribution in [1.29, 1.82) is 2.86 Å². The van der Waals surface area contributed by atoms with E-state index < -0.39 is 5.79 Å². The van der Waals surface area contributed by atoms with Crippen molar-refractivity contribution in [2.45, 2.75) is 19.1 Å². The van der Waals surface area contributed by atoms with Gasteiger partial charge < -0.3 is 10.2 Å². The van der Waals surface area contributed by atoms with Crippen molar-refractivity contribution in [3.05, 3.63) is 0 Å². The molecular weight excluding hydrogens is 96.0 g/mol. The Morgan fingerprint density at radius 1 is 2.00 bits per heavy atom. The summed E-state index contributed by atoms with van der Waals surface area (Å²) in [6.45, 7) is 1.58. The van der Waals surface area contributed by atoms with Crippen LogP contribution in [-0.4, -0.2) is 25.2 Å². The fraction of sp³-hybridized carbons (Fsp3) is 0.750. The van der Waals surface area contributed by atoms with Crippen molar-refractivity contribution in [3.8, 4) is 0 Å². The van der Waals surface area contributed by atoms with Gasteiger partial charge in [0.15, 0.2) is 6.29 Å². The quantitative estimate of drug-likeness (QED) is 0.367. The average Bonchev–Trinajstić information content (AvgIpc) is 1.95. The highest BCUT2D eigenvalue weighted by atomic mass is 16.5. The van der Waals surface area contributed by atoms with Crippen molar-refractivity contribution in [2.24, 2.45) is 0 Å². The van der Waals surface area contributed by atoms with E-state index in [4.69, 9.17) is 2.86 Å². The summed E-state index contributed by atoms with van der Waals surface area (Å²) in [6, 6.07) is 0. The molecule has 0 aliphatic rings. The van der Waals surface area contributed by atoms with E-state index in [1.165, 1.54) is 0 Å². The molecule has 0 saturated carbocycles. The molecule has 0 heterocycles. The molecule has 0 aliphatic heterocycles. The molecule has 0 bridgehead atoms. The van der Waals surface area contributed by atoms with Crippen LogP contribution in [0.25, 0.3) is 0 Å². The van der Waals surface area contributed by atoms with Gasteiger partial charge in [0.25, 0.3) is 0 Å². The third-order valence-corrected chi connectivity index (χ3v) is 0.672. The molecule has 0 spiro atoms. The summed E-state index contributed by atoms with van der Waals surface area (Å²) >= 11 is 0. The maximum Gasteiger partial charge on any atom is 0.220 e. The first kappa shape index (κ1) is 3.57. The minimum absolute atomic E-state index is 0.156. The van der Waals surface area contributed by atoms with Crippen molar-refractivity contribution in [3.63, 3.8) is 0 Å². The molecule has 0 rings (SSSR count). The van der Waals surface area contributed by atoms with Crippen LogP contribution in [0.4, 0.5) is 0 Å². The second-order valence-corrected chi connectivity index (χ2v) is 1.28. The Kier molecular flexibility index (Phi) is 1.04. The molecule has 7 heavy (non-hydrogen) atoms. The summed E-state index contributed by atoms with van der Waals surface area (Å²) in [7, 11) is 0. The third-order valence-electron chi connectivity index (χ3n) is 0.672. The van der Waals surface area contributed by atoms with Gasteiger partial charge >= 0.3 is 0 Å². The highest BCUT2D eigenvalue weighted by Gasteiger charge is 2.16. The van der Waals surface area contributed by atoms with Crippen LogP contribution in [0, 0.1) is 0 Å². The number of hydrogen-bond acceptors (Lipinski definition) is 3. The number of aldehydes is 1. The summed E-state index contributed by atoms with van der Waals surface area (Å²) in [5, 5.41) is 7.72. The van der Waals surface area contributed by atoms with Crippen molar-refractivity contribution in [1.82, 2.24) is 0 Å². The van der Waals surface area contributed by atoms with Crippen LogP contribution in [0.15, 0.2) is 0 Å². The second kappa shape index (κ2) is 2.04. The van der Waals surface area contributed by atoms with E-state index >= 15 is 0 Å². The molecule has 0 saturated heterocycles. The van der Waals surface area contributed by atoms with Gasteiger partial charge in [0.05, 0.1) is 0 Å². The van der Waals surface area contributed by atoms with E-state index in [0.29, 0.717) is 0 Å². The lowest BCUT2D eigenvalue weighted by Gasteiger charge is -2.08. The Bertz CT molecular complexity index is 83.5. The van der Waals surface area contributed by atoms with E-state index in [1.807, 2.05) is 0 Å². The monoisotopic (exact) mass is 106 g/mol.